The Kier molecular flexibility index (Phi) is 5.23. The molecule has 0 radical (unpaired) electrons. The number of hydrogen-bond acceptors (Lipinski definition) is 4. The Balaban J connectivity index is 1.38. The molecule has 150 valence electrons. The first-order valence-corrected chi connectivity index (χ1v) is 10.4. The molecule has 2 saturated carbocycles. The molecule has 6 nitrogen and oxygen atoms in total. The molecule has 0 unspecified atom stereocenters. The summed E-state index contributed by atoms with van der Waals surface area (Å²) in [5.74, 6) is 2.91. The van der Waals surface area contributed by atoms with Gasteiger partial charge in [-0.3, -0.25) is 14.5 Å². The van der Waals surface area contributed by atoms with Crippen LogP contribution in [0.4, 0.5) is 0 Å². The van der Waals surface area contributed by atoms with E-state index in [9.17, 15) is 9.59 Å². The molecule has 2 aliphatic rings. The summed E-state index contributed by atoms with van der Waals surface area (Å²) in [5, 5.41) is 3.82. The zero-order valence-corrected chi connectivity index (χ0v) is 16.9. The van der Waals surface area contributed by atoms with E-state index in [1.54, 1.807) is 6.07 Å². The number of aromatic amines is 1. The number of H-pyrrole nitrogens is 1. The topological polar surface area (TPSA) is 78.1 Å². The van der Waals surface area contributed by atoms with Crippen LogP contribution in [0.1, 0.15) is 45.4 Å². The molecule has 0 saturated heterocycles. The van der Waals surface area contributed by atoms with Crippen LogP contribution in [0.3, 0.4) is 0 Å². The Morgan fingerprint density at radius 2 is 2.07 bits per heavy atom. The van der Waals surface area contributed by atoms with Gasteiger partial charge in [0.05, 0.1) is 23.5 Å². The van der Waals surface area contributed by atoms with Gasteiger partial charge in [0.1, 0.15) is 5.82 Å². The lowest BCUT2D eigenvalue weighted by Gasteiger charge is -2.31. The van der Waals surface area contributed by atoms with Crippen LogP contribution in [0.15, 0.2) is 29.1 Å². The quantitative estimate of drug-likeness (QED) is 0.805. The van der Waals surface area contributed by atoms with Crippen molar-refractivity contribution in [2.45, 2.75) is 58.2 Å². The number of nitrogens with one attached hydrogen (secondary N) is 2. The summed E-state index contributed by atoms with van der Waals surface area (Å²) in [4.78, 5) is 34.3. The van der Waals surface area contributed by atoms with Gasteiger partial charge >= 0.3 is 0 Å². The number of para-hydroxylation sites is 1. The van der Waals surface area contributed by atoms with Gasteiger partial charge in [0.15, 0.2) is 0 Å². The van der Waals surface area contributed by atoms with E-state index in [-0.39, 0.29) is 23.6 Å². The van der Waals surface area contributed by atoms with Gasteiger partial charge in [-0.2, -0.15) is 0 Å². The summed E-state index contributed by atoms with van der Waals surface area (Å²) in [5.41, 5.74) is 0.535. The summed E-state index contributed by atoms with van der Waals surface area (Å²) in [6.07, 6.45) is 5.31. The highest BCUT2D eigenvalue weighted by molar-refractivity contribution is 5.81. The first kappa shape index (κ1) is 19.1. The van der Waals surface area contributed by atoms with Gasteiger partial charge in [0.25, 0.3) is 5.56 Å². The number of carbonyl (C=O) groups excluding carboxylic acids is 1. The molecular weight excluding hydrogens is 352 g/mol. The summed E-state index contributed by atoms with van der Waals surface area (Å²) < 4.78 is 0. The van der Waals surface area contributed by atoms with E-state index in [1.165, 1.54) is 25.7 Å². The molecule has 2 bridgehead atoms. The van der Waals surface area contributed by atoms with Gasteiger partial charge in [-0.25, -0.2) is 4.98 Å². The maximum Gasteiger partial charge on any atom is 0.258 e. The van der Waals surface area contributed by atoms with Crippen LogP contribution in [0.25, 0.3) is 10.9 Å². The number of hydrogen-bond donors (Lipinski definition) is 2. The predicted octanol–water partition coefficient (Wildman–Crippen LogP) is 2.68. The number of benzene rings is 1. The molecule has 2 fully saturated rings. The second kappa shape index (κ2) is 7.66. The van der Waals surface area contributed by atoms with E-state index in [1.807, 2.05) is 37.1 Å². The number of nitrogens with zero attached hydrogens (tertiary/aromatic N) is 2. The second-order valence-corrected chi connectivity index (χ2v) is 8.76. The van der Waals surface area contributed by atoms with E-state index in [4.69, 9.17) is 0 Å². The molecule has 4 rings (SSSR count). The molecule has 2 aliphatic carbocycles. The monoisotopic (exact) mass is 382 g/mol. The highest BCUT2D eigenvalue weighted by Crippen LogP contribution is 2.49. The minimum Gasteiger partial charge on any atom is -0.352 e. The van der Waals surface area contributed by atoms with Crippen molar-refractivity contribution < 1.29 is 4.79 Å². The molecule has 28 heavy (non-hydrogen) atoms. The number of fused-ring (bicyclic) bond motifs is 3. The van der Waals surface area contributed by atoms with Crippen LogP contribution >= 0.6 is 0 Å². The van der Waals surface area contributed by atoms with Crippen molar-refractivity contribution in [3.8, 4) is 0 Å². The van der Waals surface area contributed by atoms with Crippen molar-refractivity contribution in [1.29, 1.82) is 0 Å². The minimum absolute atomic E-state index is 0.0425. The zero-order chi connectivity index (χ0) is 19.8. The van der Waals surface area contributed by atoms with E-state index < -0.39 is 0 Å². The summed E-state index contributed by atoms with van der Waals surface area (Å²) >= 11 is 0. The van der Waals surface area contributed by atoms with Crippen molar-refractivity contribution in [1.82, 2.24) is 20.2 Å². The van der Waals surface area contributed by atoms with Gasteiger partial charge < -0.3 is 10.3 Å². The SMILES string of the molecule is C[C@H](NC(=O)[C@@H](C)N(C)Cc1nc2ccccc2c(=O)[nH]1)[C@@H]1C[C@H]2CC[C@H]1C2. The lowest BCUT2D eigenvalue weighted by molar-refractivity contribution is -0.126. The Labute approximate surface area is 165 Å². The largest absolute Gasteiger partial charge is 0.352 e. The first-order chi connectivity index (χ1) is 13.4. The maximum absolute atomic E-state index is 12.8. The number of carbonyl (C=O) groups is 1. The third-order valence-electron chi connectivity index (χ3n) is 6.91. The lowest BCUT2D eigenvalue weighted by atomic mass is 9.84. The van der Waals surface area contributed by atoms with E-state index in [0.29, 0.717) is 29.2 Å². The third-order valence-corrected chi connectivity index (χ3v) is 6.91. The Hall–Kier alpha value is -2.21. The average molecular weight is 383 g/mol. The van der Waals surface area contributed by atoms with E-state index >= 15 is 0 Å². The average Bonchev–Trinajstić information content (AvgIpc) is 3.31. The Bertz CT molecular complexity index is 924. The smallest absolute Gasteiger partial charge is 0.258 e. The normalized spacial score (nSPS) is 25.9. The van der Waals surface area contributed by atoms with Crippen LogP contribution in [0.2, 0.25) is 0 Å². The molecule has 1 amide bonds. The summed E-state index contributed by atoms with van der Waals surface area (Å²) in [6.45, 7) is 4.47. The van der Waals surface area contributed by atoms with Gasteiger partial charge in [0, 0.05) is 6.04 Å². The lowest BCUT2D eigenvalue weighted by Crippen LogP contribution is -2.48. The van der Waals surface area contributed by atoms with Gasteiger partial charge in [-0.05, 0) is 70.0 Å². The zero-order valence-electron chi connectivity index (χ0n) is 16.9. The Morgan fingerprint density at radius 1 is 1.29 bits per heavy atom. The fourth-order valence-corrected chi connectivity index (χ4v) is 5.14. The van der Waals surface area contributed by atoms with Crippen molar-refractivity contribution in [3.63, 3.8) is 0 Å². The molecule has 1 heterocycles. The highest BCUT2D eigenvalue weighted by Gasteiger charge is 2.42. The predicted molar refractivity (Wildman–Crippen MR) is 110 cm³/mol. The minimum atomic E-state index is -0.294. The van der Waals surface area contributed by atoms with Crippen LogP contribution < -0.4 is 10.9 Å². The summed E-state index contributed by atoms with van der Waals surface area (Å²) in [7, 11) is 1.89. The summed E-state index contributed by atoms with van der Waals surface area (Å²) in [6, 6.07) is 7.22. The van der Waals surface area contributed by atoms with Gasteiger partial charge in [-0.15, -0.1) is 0 Å². The fourth-order valence-electron chi connectivity index (χ4n) is 5.14. The van der Waals surface area contributed by atoms with E-state index in [2.05, 4.69) is 22.2 Å². The first-order valence-electron chi connectivity index (χ1n) is 10.4. The third kappa shape index (κ3) is 3.70. The highest BCUT2D eigenvalue weighted by atomic mass is 16.2. The molecule has 6 heteroatoms. The van der Waals surface area contributed by atoms with E-state index in [0.717, 1.165) is 11.8 Å². The molecule has 5 atom stereocenters. The van der Waals surface area contributed by atoms with Crippen LogP contribution in [0.5, 0.6) is 0 Å². The number of likely N-dealkylation sites (N-methyl/N-ethyl adjacent to an activating group) is 1. The molecule has 2 aromatic rings. The van der Waals surface area contributed by atoms with Crippen molar-refractivity contribution in [2.75, 3.05) is 7.05 Å². The molecule has 1 aromatic carbocycles. The fraction of sp³-hybridized carbons (Fsp3) is 0.591. The number of aromatic nitrogens is 2. The number of rotatable bonds is 6. The van der Waals surface area contributed by atoms with Crippen LogP contribution in [-0.2, 0) is 11.3 Å². The standard InChI is InChI=1S/C22H30N4O2/c1-13(18-11-15-8-9-16(18)10-15)23-21(27)14(2)26(3)12-20-24-19-7-5-4-6-17(19)22(28)25-20/h4-7,13-16,18H,8-12H2,1-3H3,(H,23,27)(H,24,25,28)/t13-,14+,15-,16-,18-/m0/s1. The van der Waals surface area contributed by atoms with Crippen LogP contribution in [-0.4, -0.2) is 39.9 Å². The second-order valence-electron chi connectivity index (χ2n) is 8.76. The molecular formula is C22H30N4O2. The molecule has 1 aromatic heterocycles. The van der Waals surface area contributed by atoms with Crippen molar-refractivity contribution >= 4 is 16.8 Å². The molecule has 0 spiro atoms. The molecule has 0 aliphatic heterocycles. The molecule has 2 N–H and O–H groups in total. The van der Waals surface area contributed by atoms with Gasteiger partial charge in [0.2, 0.25) is 5.91 Å². The van der Waals surface area contributed by atoms with Gasteiger partial charge in [-0.1, -0.05) is 18.6 Å². The maximum atomic E-state index is 12.8. The Morgan fingerprint density at radius 3 is 2.79 bits per heavy atom. The number of amides is 1. The van der Waals surface area contributed by atoms with Crippen molar-refractivity contribution in [2.24, 2.45) is 17.8 Å². The van der Waals surface area contributed by atoms with Crippen molar-refractivity contribution in [3.05, 3.63) is 40.4 Å². The van der Waals surface area contributed by atoms with Crippen LogP contribution in [0, 0.1) is 17.8 Å².